The first kappa shape index (κ1) is 15.3. The average molecular weight is 315 g/mol. The van der Waals surface area contributed by atoms with E-state index in [1.807, 2.05) is 19.1 Å². The van der Waals surface area contributed by atoms with Gasteiger partial charge in [-0.2, -0.15) is 0 Å². The fraction of sp³-hybridized carbons (Fsp3) is 0.467. The van der Waals surface area contributed by atoms with Crippen LogP contribution in [-0.4, -0.2) is 58.7 Å². The van der Waals surface area contributed by atoms with E-state index in [9.17, 15) is 0 Å². The number of nitrogens with two attached hydrogens (primary N) is 1. The van der Waals surface area contributed by atoms with Crippen molar-refractivity contribution >= 4 is 11.9 Å². The van der Waals surface area contributed by atoms with Crippen molar-refractivity contribution in [1.82, 2.24) is 20.0 Å². The number of hydrogen-bond donors (Lipinski definition) is 1. The monoisotopic (exact) mass is 315 g/mol. The minimum Gasteiger partial charge on any atom is -0.370 e. The fourth-order valence-electron chi connectivity index (χ4n) is 2.50. The predicted molar refractivity (Wildman–Crippen MR) is 87.3 cm³/mol. The number of aromatic nitrogens is 3. The van der Waals surface area contributed by atoms with Gasteiger partial charge in [0.15, 0.2) is 5.96 Å². The summed E-state index contributed by atoms with van der Waals surface area (Å²) >= 11 is 0. The molecular formula is C15H21N7O. The summed E-state index contributed by atoms with van der Waals surface area (Å²) in [5, 5.41) is 3.86. The number of aliphatic imine (C=N–C) groups is 1. The molecule has 0 bridgehead atoms. The van der Waals surface area contributed by atoms with Crippen LogP contribution in [0.25, 0.3) is 0 Å². The smallest absolute Gasteiger partial charge is 0.225 e. The fourth-order valence-corrected chi connectivity index (χ4v) is 2.50. The van der Waals surface area contributed by atoms with Gasteiger partial charge in [-0.25, -0.2) is 9.97 Å². The van der Waals surface area contributed by atoms with E-state index >= 15 is 0 Å². The second-order valence-corrected chi connectivity index (χ2v) is 5.45. The number of guanidine groups is 1. The number of rotatable bonds is 4. The maximum atomic E-state index is 6.08. The van der Waals surface area contributed by atoms with Gasteiger partial charge in [-0.05, 0) is 13.0 Å². The molecule has 0 amide bonds. The SMILES string of the molecule is Cc1cc(CCN=C(N)N2CCN(c3ncccn3)CC2)on1. The van der Waals surface area contributed by atoms with Crippen LogP contribution < -0.4 is 10.6 Å². The van der Waals surface area contributed by atoms with Crippen LogP contribution in [0.3, 0.4) is 0 Å². The maximum Gasteiger partial charge on any atom is 0.225 e. The van der Waals surface area contributed by atoms with E-state index in [2.05, 4.69) is 29.9 Å². The average Bonchev–Trinajstić information content (AvgIpc) is 3.01. The van der Waals surface area contributed by atoms with Crippen LogP contribution in [0.2, 0.25) is 0 Å². The van der Waals surface area contributed by atoms with Crippen molar-refractivity contribution < 1.29 is 4.52 Å². The van der Waals surface area contributed by atoms with Crippen molar-refractivity contribution in [2.24, 2.45) is 10.7 Å². The zero-order valence-electron chi connectivity index (χ0n) is 13.2. The van der Waals surface area contributed by atoms with Crippen molar-refractivity contribution in [3.05, 3.63) is 36.0 Å². The molecule has 0 atom stereocenters. The summed E-state index contributed by atoms with van der Waals surface area (Å²) in [5.74, 6) is 2.18. The minimum atomic E-state index is 0.579. The van der Waals surface area contributed by atoms with E-state index in [0.29, 0.717) is 18.9 Å². The lowest BCUT2D eigenvalue weighted by Gasteiger charge is -2.35. The van der Waals surface area contributed by atoms with Gasteiger partial charge in [0.25, 0.3) is 0 Å². The van der Waals surface area contributed by atoms with Gasteiger partial charge in [0.05, 0.1) is 5.69 Å². The van der Waals surface area contributed by atoms with E-state index in [4.69, 9.17) is 10.3 Å². The Balaban J connectivity index is 1.47. The molecule has 8 nitrogen and oxygen atoms in total. The molecule has 3 rings (SSSR count). The van der Waals surface area contributed by atoms with Crippen LogP contribution in [0.1, 0.15) is 11.5 Å². The molecule has 0 radical (unpaired) electrons. The molecule has 1 fully saturated rings. The molecule has 2 aromatic rings. The lowest BCUT2D eigenvalue weighted by atomic mass is 10.3. The Kier molecular flexibility index (Phi) is 4.70. The first-order valence-corrected chi connectivity index (χ1v) is 7.71. The lowest BCUT2D eigenvalue weighted by Crippen LogP contribution is -2.51. The molecule has 1 aliphatic heterocycles. The zero-order valence-corrected chi connectivity index (χ0v) is 13.2. The number of anilines is 1. The predicted octanol–water partition coefficient (Wildman–Crippen LogP) is 0.452. The molecule has 2 aromatic heterocycles. The van der Waals surface area contributed by atoms with Gasteiger partial charge < -0.3 is 20.1 Å². The Bertz CT molecular complexity index is 647. The van der Waals surface area contributed by atoms with Crippen molar-refractivity contribution in [3.63, 3.8) is 0 Å². The van der Waals surface area contributed by atoms with Gasteiger partial charge in [-0.3, -0.25) is 4.99 Å². The second-order valence-electron chi connectivity index (χ2n) is 5.45. The van der Waals surface area contributed by atoms with Gasteiger partial charge in [0, 0.05) is 57.6 Å². The van der Waals surface area contributed by atoms with E-state index < -0.39 is 0 Å². The summed E-state index contributed by atoms with van der Waals surface area (Å²) in [6.45, 7) is 5.80. The minimum absolute atomic E-state index is 0.579. The highest BCUT2D eigenvalue weighted by atomic mass is 16.5. The van der Waals surface area contributed by atoms with Gasteiger partial charge in [-0.1, -0.05) is 5.16 Å². The molecule has 1 saturated heterocycles. The Labute approximate surface area is 135 Å². The summed E-state index contributed by atoms with van der Waals surface area (Å²) in [4.78, 5) is 17.2. The van der Waals surface area contributed by atoms with Crippen LogP contribution >= 0.6 is 0 Å². The number of nitrogens with zero attached hydrogens (tertiary/aromatic N) is 6. The molecule has 0 saturated carbocycles. The van der Waals surface area contributed by atoms with Crippen LogP contribution in [0.15, 0.2) is 34.0 Å². The number of piperazine rings is 1. The van der Waals surface area contributed by atoms with E-state index in [1.165, 1.54) is 0 Å². The first-order chi connectivity index (χ1) is 11.2. The number of aryl methyl sites for hydroxylation is 1. The third kappa shape index (κ3) is 3.97. The molecule has 1 aliphatic rings. The highest BCUT2D eigenvalue weighted by Crippen LogP contribution is 2.09. The third-order valence-electron chi connectivity index (χ3n) is 3.75. The molecule has 0 unspecified atom stereocenters. The molecule has 23 heavy (non-hydrogen) atoms. The van der Waals surface area contributed by atoms with Crippen molar-refractivity contribution in [2.45, 2.75) is 13.3 Å². The molecule has 0 aromatic carbocycles. The van der Waals surface area contributed by atoms with Gasteiger partial charge in [0.2, 0.25) is 5.95 Å². The normalized spacial score (nSPS) is 16.0. The van der Waals surface area contributed by atoms with E-state index in [1.54, 1.807) is 12.4 Å². The van der Waals surface area contributed by atoms with Crippen LogP contribution in [0.4, 0.5) is 5.95 Å². The largest absolute Gasteiger partial charge is 0.370 e. The molecule has 2 N–H and O–H groups in total. The quantitative estimate of drug-likeness (QED) is 0.646. The standard InChI is InChI=1S/C15H21N7O/c1-12-11-13(23-20-12)3-6-17-14(16)21-7-9-22(10-8-21)15-18-4-2-5-19-15/h2,4-5,11H,3,6-10H2,1H3,(H2,16,17). The van der Waals surface area contributed by atoms with Crippen LogP contribution in [-0.2, 0) is 6.42 Å². The Morgan fingerprint density at radius 1 is 1.26 bits per heavy atom. The first-order valence-electron chi connectivity index (χ1n) is 7.71. The van der Waals surface area contributed by atoms with Gasteiger partial charge in [0.1, 0.15) is 5.76 Å². The Morgan fingerprint density at radius 3 is 2.65 bits per heavy atom. The summed E-state index contributed by atoms with van der Waals surface area (Å²) < 4.78 is 5.16. The van der Waals surface area contributed by atoms with Crippen LogP contribution in [0, 0.1) is 6.92 Å². The third-order valence-corrected chi connectivity index (χ3v) is 3.75. The van der Waals surface area contributed by atoms with E-state index in [-0.39, 0.29) is 0 Å². The Morgan fingerprint density at radius 2 is 2.00 bits per heavy atom. The topological polar surface area (TPSA) is 96.7 Å². The van der Waals surface area contributed by atoms with Gasteiger partial charge >= 0.3 is 0 Å². The van der Waals surface area contributed by atoms with E-state index in [0.717, 1.165) is 43.6 Å². The molecule has 0 aliphatic carbocycles. The summed E-state index contributed by atoms with van der Waals surface area (Å²) in [7, 11) is 0. The highest BCUT2D eigenvalue weighted by molar-refractivity contribution is 5.78. The highest BCUT2D eigenvalue weighted by Gasteiger charge is 2.19. The second kappa shape index (κ2) is 7.08. The molecule has 122 valence electrons. The summed E-state index contributed by atoms with van der Waals surface area (Å²) in [6.07, 6.45) is 4.23. The lowest BCUT2D eigenvalue weighted by molar-refractivity contribution is 0.374. The molecular weight excluding hydrogens is 294 g/mol. The van der Waals surface area contributed by atoms with Crippen LogP contribution in [0.5, 0.6) is 0 Å². The Hall–Kier alpha value is -2.64. The maximum absolute atomic E-state index is 6.08. The molecule has 0 spiro atoms. The number of hydrogen-bond acceptors (Lipinski definition) is 6. The van der Waals surface area contributed by atoms with Crippen molar-refractivity contribution in [3.8, 4) is 0 Å². The summed E-state index contributed by atoms with van der Waals surface area (Å²) in [6, 6.07) is 3.74. The zero-order chi connectivity index (χ0) is 16.1. The van der Waals surface area contributed by atoms with Crippen molar-refractivity contribution in [2.75, 3.05) is 37.6 Å². The van der Waals surface area contributed by atoms with Crippen molar-refractivity contribution in [1.29, 1.82) is 0 Å². The van der Waals surface area contributed by atoms with Gasteiger partial charge in [-0.15, -0.1) is 0 Å². The molecule has 3 heterocycles. The molecule has 8 heteroatoms. The summed E-state index contributed by atoms with van der Waals surface area (Å²) in [5.41, 5.74) is 6.97.